The first kappa shape index (κ1) is 12.8. The zero-order valence-electron chi connectivity index (χ0n) is 10.9. The minimum Gasteiger partial charge on any atom is -0.466 e. The van der Waals surface area contributed by atoms with Crippen LogP contribution in [0.15, 0.2) is 12.4 Å². The molecule has 1 atom stereocenters. The highest BCUT2D eigenvalue weighted by Crippen LogP contribution is 2.22. The lowest BCUT2D eigenvalue weighted by Gasteiger charge is -2.32. The fourth-order valence-corrected chi connectivity index (χ4v) is 2.24. The van der Waals surface area contributed by atoms with Crippen LogP contribution in [0.3, 0.4) is 0 Å². The van der Waals surface area contributed by atoms with Crippen LogP contribution in [-0.2, 0) is 9.53 Å². The van der Waals surface area contributed by atoms with Crippen molar-refractivity contribution >= 4 is 11.8 Å². The van der Waals surface area contributed by atoms with Gasteiger partial charge in [-0.25, -0.2) is 4.98 Å². The summed E-state index contributed by atoms with van der Waals surface area (Å²) in [5.41, 5.74) is 0.894. The normalized spacial score (nSPS) is 19.7. The Bertz CT molecular complexity index is 422. The summed E-state index contributed by atoms with van der Waals surface area (Å²) in [7, 11) is 0. The molecule has 98 valence electrons. The zero-order valence-corrected chi connectivity index (χ0v) is 10.9. The van der Waals surface area contributed by atoms with Crippen molar-refractivity contribution in [2.24, 2.45) is 5.92 Å². The molecule has 1 aliphatic heterocycles. The van der Waals surface area contributed by atoms with E-state index >= 15 is 0 Å². The third-order valence-corrected chi connectivity index (χ3v) is 3.11. The van der Waals surface area contributed by atoms with Crippen molar-refractivity contribution in [1.82, 2.24) is 9.97 Å². The van der Waals surface area contributed by atoms with Gasteiger partial charge in [-0.3, -0.25) is 9.78 Å². The van der Waals surface area contributed by atoms with Crippen molar-refractivity contribution in [3.05, 3.63) is 18.1 Å². The van der Waals surface area contributed by atoms with Gasteiger partial charge in [0.1, 0.15) is 5.82 Å². The highest BCUT2D eigenvalue weighted by atomic mass is 16.5. The number of nitrogens with zero attached hydrogens (tertiary/aromatic N) is 3. The number of esters is 1. The van der Waals surface area contributed by atoms with Crippen LogP contribution in [0.25, 0.3) is 0 Å². The van der Waals surface area contributed by atoms with Crippen LogP contribution in [0.5, 0.6) is 0 Å². The van der Waals surface area contributed by atoms with Crippen LogP contribution in [0.2, 0.25) is 0 Å². The van der Waals surface area contributed by atoms with E-state index in [1.165, 1.54) is 0 Å². The van der Waals surface area contributed by atoms with Crippen LogP contribution in [-0.4, -0.2) is 35.6 Å². The van der Waals surface area contributed by atoms with Crippen LogP contribution < -0.4 is 4.90 Å². The van der Waals surface area contributed by atoms with Crippen molar-refractivity contribution in [2.45, 2.75) is 26.7 Å². The average molecular weight is 249 g/mol. The van der Waals surface area contributed by atoms with Crippen LogP contribution in [0.1, 0.15) is 25.5 Å². The molecule has 0 spiro atoms. The van der Waals surface area contributed by atoms with E-state index < -0.39 is 0 Å². The van der Waals surface area contributed by atoms with Crippen molar-refractivity contribution < 1.29 is 9.53 Å². The van der Waals surface area contributed by atoms with E-state index in [4.69, 9.17) is 4.74 Å². The van der Waals surface area contributed by atoms with E-state index in [0.717, 1.165) is 30.9 Å². The SMILES string of the molecule is CCOC(=O)[C@@H]1CCCN(c2cncc(C)n2)C1. The first-order valence-corrected chi connectivity index (χ1v) is 6.41. The highest BCUT2D eigenvalue weighted by molar-refractivity contribution is 5.73. The number of carbonyl (C=O) groups excluding carboxylic acids is 1. The number of carbonyl (C=O) groups is 1. The highest BCUT2D eigenvalue weighted by Gasteiger charge is 2.27. The third-order valence-electron chi connectivity index (χ3n) is 3.11. The Hall–Kier alpha value is -1.65. The first-order chi connectivity index (χ1) is 8.70. The van der Waals surface area contributed by atoms with E-state index in [9.17, 15) is 4.79 Å². The number of anilines is 1. The molecule has 1 aliphatic rings. The van der Waals surface area contributed by atoms with Crippen molar-refractivity contribution in [2.75, 3.05) is 24.6 Å². The predicted molar refractivity (Wildman–Crippen MR) is 68.3 cm³/mol. The number of ether oxygens (including phenoxy) is 1. The van der Waals surface area contributed by atoms with Crippen LogP contribution in [0, 0.1) is 12.8 Å². The van der Waals surface area contributed by atoms with Gasteiger partial charge < -0.3 is 9.64 Å². The molecule has 1 saturated heterocycles. The summed E-state index contributed by atoms with van der Waals surface area (Å²) in [6.07, 6.45) is 5.37. The van der Waals surface area contributed by atoms with Crippen molar-refractivity contribution in [1.29, 1.82) is 0 Å². The second kappa shape index (κ2) is 5.80. The quantitative estimate of drug-likeness (QED) is 0.761. The molecule has 18 heavy (non-hydrogen) atoms. The summed E-state index contributed by atoms with van der Waals surface area (Å²) in [5, 5.41) is 0. The first-order valence-electron chi connectivity index (χ1n) is 6.41. The number of rotatable bonds is 3. The van der Waals surface area contributed by atoms with E-state index in [-0.39, 0.29) is 11.9 Å². The Morgan fingerprint density at radius 3 is 3.11 bits per heavy atom. The third kappa shape index (κ3) is 2.97. The minimum atomic E-state index is -0.0946. The fourth-order valence-electron chi connectivity index (χ4n) is 2.24. The minimum absolute atomic E-state index is 0.0407. The standard InChI is InChI=1S/C13H19N3O2/c1-3-18-13(17)11-5-4-6-16(9-11)12-8-14-7-10(2)15-12/h7-8,11H,3-6,9H2,1-2H3/t11-/m1/s1. The van der Waals surface area contributed by atoms with Gasteiger partial charge in [0.25, 0.3) is 0 Å². The summed E-state index contributed by atoms with van der Waals surface area (Å²) in [6.45, 7) is 5.80. The van der Waals surface area contributed by atoms with Gasteiger partial charge in [-0.2, -0.15) is 0 Å². The molecule has 2 heterocycles. The molecule has 0 saturated carbocycles. The molecule has 5 nitrogen and oxygen atoms in total. The Balaban J connectivity index is 2.04. The monoisotopic (exact) mass is 249 g/mol. The number of hydrogen-bond donors (Lipinski definition) is 0. The van der Waals surface area contributed by atoms with Gasteiger partial charge in [-0.15, -0.1) is 0 Å². The number of aromatic nitrogens is 2. The second-order valence-corrected chi connectivity index (χ2v) is 4.56. The van der Waals surface area contributed by atoms with Gasteiger partial charge in [0.15, 0.2) is 0 Å². The summed E-state index contributed by atoms with van der Waals surface area (Å²) >= 11 is 0. The topological polar surface area (TPSA) is 55.3 Å². The maximum absolute atomic E-state index is 11.8. The van der Waals surface area contributed by atoms with Gasteiger partial charge in [-0.1, -0.05) is 0 Å². The Morgan fingerprint density at radius 2 is 2.39 bits per heavy atom. The Labute approximate surface area is 107 Å². The largest absolute Gasteiger partial charge is 0.466 e. The van der Waals surface area contributed by atoms with Crippen molar-refractivity contribution in [3.8, 4) is 0 Å². The Kier molecular flexibility index (Phi) is 4.12. The second-order valence-electron chi connectivity index (χ2n) is 4.56. The van der Waals surface area contributed by atoms with Gasteiger partial charge in [0, 0.05) is 19.3 Å². The number of piperidine rings is 1. The smallest absolute Gasteiger partial charge is 0.310 e. The molecule has 0 radical (unpaired) electrons. The van der Waals surface area contributed by atoms with Gasteiger partial charge in [0.05, 0.1) is 24.4 Å². The molecule has 0 N–H and O–H groups in total. The molecule has 0 unspecified atom stereocenters. The maximum atomic E-state index is 11.8. The van der Waals surface area contributed by atoms with E-state index in [2.05, 4.69) is 14.9 Å². The molecule has 0 amide bonds. The molecule has 0 aliphatic carbocycles. The van der Waals surface area contributed by atoms with Crippen LogP contribution >= 0.6 is 0 Å². The molecule has 5 heteroatoms. The molecule has 0 bridgehead atoms. The molecular weight excluding hydrogens is 230 g/mol. The summed E-state index contributed by atoms with van der Waals surface area (Å²) < 4.78 is 5.09. The van der Waals surface area contributed by atoms with Gasteiger partial charge in [0.2, 0.25) is 0 Å². The molecular formula is C13H19N3O2. The lowest BCUT2D eigenvalue weighted by Crippen LogP contribution is -2.40. The predicted octanol–water partition coefficient (Wildman–Crippen LogP) is 1.56. The van der Waals surface area contributed by atoms with E-state index in [1.807, 2.05) is 13.8 Å². The lowest BCUT2D eigenvalue weighted by atomic mass is 9.98. The van der Waals surface area contributed by atoms with Crippen molar-refractivity contribution in [3.63, 3.8) is 0 Å². The van der Waals surface area contributed by atoms with E-state index in [0.29, 0.717) is 13.2 Å². The summed E-state index contributed by atoms with van der Waals surface area (Å²) in [4.78, 5) is 22.5. The fraction of sp³-hybridized carbons (Fsp3) is 0.615. The van der Waals surface area contributed by atoms with Gasteiger partial charge in [-0.05, 0) is 26.7 Å². The van der Waals surface area contributed by atoms with Gasteiger partial charge >= 0.3 is 5.97 Å². The number of aryl methyl sites for hydroxylation is 1. The summed E-state index contributed by atoms with van der Waals surface area (Å²) in [5.74, 6) is 0.716. The number of hydrogen-bond acceptors (Lipinski definition) is 5. The van der Waals surface area contributed by atoms with E-state index in [1.54, 1.807) is 12.4 Å². The Morgan fingerprint density at radius 1 is 1.56 bits per heavy atom. The molecule has 0 aromatic carbocycles. The van der Waals surface area contributed by atoms with Crippen LogP contribution in [0.4, 0.5) is 5.82 Å². The molecule has 1 aromatic heterocycles. The maximum Gasteiger partial charge on any atom is 0.310 e. The lowest BCUT2D eigenvalue weighted by molar-refractivity contribution is -0.148. The molecule has 1 aromatic rings. The summed E-state index contributed by atoms with van der Waals surface area (Å²) in [6, 6.07) is 0. The molecule has 1 fully saturated rings. The molecule has 2 rings (SSSR count). The zero-order chi connectivity index (χ0) is 13.0. The average Bonchev–Trinajstić information content (AvgIpc) is 2.39.